The molecule has 0 heterocycles. The second kappa shape index (κ2) is 4.09. The van der Waals surface area contributed by atoms with Crippen molar-refractivity contribution in [3.8, 4) is 0 Å². The molecular formula is C5H12OSi. The molecule has 0 amide bonds. The first-order valence-electron chi connectivity index (χ1n) is 2.62. The van der Waals surface area contributed by atoms with Crippen LogP contribution in [0.1, 0.15) is 13.3 Å². The molecule has 0 aromatic carbocycles. The molecule has 0 aliphatic carbocycles. The SMILES string of the molecule is CC/C=C/[SiH](C)O. The lowest BCUT2D eigenvalue weighted by Crippen LogP contribution is -1.98. The van der Waals surface area contributed by atoms with E-state index in [0.29, 0.717) is 0 Å². The van der Waals surface area contributed by atoms with Gasteiger partial charge in [0, 0.05) is 0 Å². The highest BCUT2D eigenvalue weighted by atomic mass is 28.3. The number of rotatable bonds is 2. The minimum atomic E-state index is -1.37. The fourth-order valence-corrected chi connectivity index (χ4v) is 0.999. The average molecular weight is 116 g/mol. The van der Waals surface area contributed by atoms with Crippen LogP contribution in [0.3, 0.4) is 0 Å². The van der Waals surface area contributed by atoms with E-state index >= 15 is 0 Å². The summed E-state index contributed by atoms with van der Waals surface area (Å²) < 4.78 is 0. The molecular weight excluding hydrogens is 104 g/mol. The van der Waals surface area contributed by atoms with Crippen molar-refractivity contribution >= 4 is 9.04 Å². The highest BCUT2D eigenvalue weighted by Gasteiger charge is 1.84. The topological polar surface area (TPSA) is 20.2 Å². The molecule has 42 valence electrons. The third kappa shape index (κ3) is 5.92. The monoisotopic (exact) mass is 116 g/mol. The largest absolute Gasteiger partial charge is 0.431 e. The smallest absolute Gasteiger partial charge is 0.193 e. The van der Waals surface area contributed by atoms with Crippen molar-refractivity contribution in [3.63, 3.8) is 0 Å². The van der Waals surface area contributed by atoms with E-state index in [2.05, 4.69) is 6.92 Å². The molecule has 7 heavy (non-hydrogen) atoms. The quantitative estimate of drug-likeness (QED) is 0.530. The van der Waals surface area contributed by atoms with Gasteiger partial charge in [0.25, 0.3) is 0 Å². The lowest BCUT2D eigenvalue weighted by molar-refractivity contribution is 0.592. The second-order valence-corrected chi connectivity index (χ2v) is 3.44. The van der Waals surface area contributed by atoms with Crippen molar-refractivity contribution in [2.75, 3.05) is 0 Å². The number of allylic oxidation sites excluding steroid dienone is 1. The zero-order valence-electron chi connectivity index (χ0n) is 4.89. The van der Waals surface area contributed by atoms with Crippen molar-refractivity contribution in [2.45, 2.75) is 19.9 Å². The summed E-state index contributed by atoms with van der Waals surface area (Å²) in [7, 11) is -1.37. The van der Waals surface area contributed by atoms with Crippen LogP contribution < -0.4 is 0 Å². The molecule has 0 aliphatic heterocycles. The molecule has 2 heteroatoms. The maximum absolute atomic E-state index is 8.74. The van der Waals surface area contributed by atoms with Crippen LogP contribution in [-0.2, 0) is 0 Å². The summed E-state index contributed by atoms with van der Waals surface area (Å²) >= 11 is 0. The van der Waals surface area contributed by atoms with Gasteiger partial charge in [-0.1, -0.05) is 18.7 Å². The van der Waals surface area contributed by atoms with Crippen LogP contribution in [0, 0.1) is 0 Å². The molecule has 0 aromatic rings. The van der Waals surface area contributed by atoms with Crippen molar-refractivity contribution < 1.29 is 4.80 Å². The Balaban J connectivity index is 3.08. The van der Waals surface area contributed by atoms with Crippen LogP contribution in [-0.4, -0.2) is 13.8 Å². The molecule has 0 saturated heterocycles. The highest BCUT2D eigenvalue weighted by molar-refractivity contribution is 6.54. The van der Waals surface area contributed by atoms with E-state index in [4.69, 9.17) is 4.80 Å². The molecule has 0 rings (SSSR count). The summed E-state index contributed by atoms with van der Waals surface area (Å²) in [6.07, 6.45) is 3.05. The summed E-state index contributed by atoms with van der Waals surface area (Å²) in [5.74, 6) is 0. The maximum atomic E-state index is 8.74. The van der Waals surface area contributed by atoms with Crippen molar-refractivity contribution in [2.24, 2.45) is 0 Å². The minimum Gasteiger partial charge on any atom is -0.431 e. The van der Waals surface area contributed by atoms with Gasteiger partial charge in [-0.3, -0.25) is 0 Å². The van der Waals surface area contributed by atoms with Gasteiger partial charge in [0.15, 0.2) is 9.04 Å². The molecule has 1 nitrogen and oxygen atoms in total. The highest BCUT2D eigenvalue weighted by Crippen LogP contribution is 1.81. The van der Waals surface area contributed by atoms with Crippen molar-refractivity contribution in [1.82, 2.24) is 0 Å². The fourth-order valence-electron chi connectivity index (χ4n) is 0.333. The molecule has 0 aliphatic rings. The molecule has 0 bridgehead atoms. The molecule has 1 atom stereocenters. The molecule has 1 N–H and O–H groups in total. The first kappa shape index (κ1) is 6.92. The van der Waals surface area contributed by atoms with Crippen LogP contribution in [0.4, 0.5) is 0 Å². The van der Waals surface area contributed by atoms with E-state index in [1.165, 1.54) is 0 Å². The number of hydrogen-bond acceptors (Lipinski definition) is 1. The molecule has 0 aromatic heterocycles. The number of hydrogen-bond donors (Lipinski definition) is 1. The van der Waals surface area contributed by atoms with E-state index < -0.39 is 9.04 Å². The van der Waals surface area contributed by atoms with Crippen LogP contribution in [0.5, 0.6) is 0 Å². The molecule has 0 spiro atoms. The third-order valence-electron chi connectivity index (χ3n) is 0.650. The predicted octanol–water partition coefficient (Wildman–Crippen LogP) is 0.838. The van der Waals surface area contributed by atoms with Gasteiger partial charge in [-0.05, 0) is 13.0 Å². The Morgan fingerprint density at radius 2 is 2.29 bits per heavy atom. The predicted molar refractivity (Wildman–Crippen MR) is 34.7 cm³/mol. The van der Waals surface area contributed by atoms with Gasteiger partial charge in [0.05, 0.1) is 0 Å². The lowest BCUT2D eigenvalue weighted by atomic mass is 10.5. The molecule has 0 fully saturated rings. The Morgan fingerprint density at radius 1 is 1.71 bits per heavy atom. The van der Waals surface area contributed by atoms with Crippen LogP contribution in [0.15, 0.2) is 11.8 Å². The zero-order chi connectivity index (χ0) is 5.70. The maximum Gasteiger partial charge on any atom is 0.193 e. The van der Waals surface area contributed by atoms with Gasteiger partial charge in [-0.25, -0.2) is 0 Å². The van der Waals surface area contributed by atoms with E-state index in [-0.39, 0.29) is 0 Å². The van der Waals surface area contributed by atoms with Gasteiger partial charge in [-0.15, -0.1) is 0 Å². The average Bonchev–Trinajstić information content (AvgIpc) is 1.61. The molecule has 0 saturated carbocycles. The Hall–Kier alpha value is -0.0831. The Labute approximate surface area is 46.4 Å². The Bertz CT molecular complexity index is 59.1. The Kier molecular flexibility index (Phi) is 4.04. The Morgan fingerprint density at radius 3 is 2.43 bits per heavy atom. The second-order valence-electron chi connectivity index (χ2n) is 1.58. The minimum absolute atomic E-state index is 1.04. The summed E-state index contributed by atoms with van der Waals surface area (Å²) in [5.41, 5.74) is 1.92. The normalized spacial score (nSPS) is 15.3. The van der Waals surface area contributed by atoms with Crippen LogP contribution in [0.25, 0.3) is 0 Å². The molecule has 0 radical (unpaired) electrons. The van der Waals surface area contributed by atoms with Gasteiger partial charge < -0.3 is 4.80 Å². The van der Waals surface area contributed by atoms with Crippen molar-refractivity contribution in [1.29, 1.82) is 0 Å². The summed E-state index contributed by atoms with van der Waals surface area (Å²) in [4.78, 5) is 8.74. The third-order valence-corrected chi connectivity index (χ3v) is 1.48. The standard InChI is InChI=1S/C5H12OSi/c1-3-4-5-7(2)6/h4-7H,3H2,1-2H3/b5-4+. The van der Waals surface area contributed by atoms with E-state index in [1.807, 2.05) is 18.3 Å². The summed E-state index contributed by atoms with van der Waals surface area (Å²) in [6.45, 7) is 3.94. The van der Waals surface area contributed by atoms with E-state index in [9.17, 15) is 0 Å². The van der Waals surface area contributed by atoms with E-state index in [1.54, 1.807) is 0 Å². The fraction of sp³-hybridized carbons (Fsp3) is 0.600. The van der Waals surface area contributed by atoms with Gasteiger partial charge >= 0.3 is 0 Å². The van der Waals surface area contributed by atoms with Gasteiger partial charge in [0.1, 0.15) is 0 Å². The van der Waals surface area contributed by atoms with Crippen LogP contribution in [0.2, 0.25) is 6.55 Å². The van der Waals surface area contributed by atoms with Crippen LogP contribution >= 0.6 is 0 Å². The van der Waals surface area contributed by atoms with Gasteiger partial charge in [-0.2, -0.15) is 0 Å². The zero-order valence-corrected chi connectivity index (χ0v) is 6.04. The lowest BCUT2D eigenvalue weighted by Gasteiger charge is -1.85. The first-order valence-corrected chi connectivity index (χ1v) is 4.96. The summed E-state index contributed by atoms with van der Waals surface area (Å²) in [6, 6.07) is 0. The first-order chi connectivity index (χ1) is 3.27. The van der Waals surface area contributed by atoms with Crippen molar-refractivity contribution in [3.05, 3.63) is 11.8 Å². The van der Waals surface area contributed by atoms with Gasteiger partial charge in [0.2, 0.25) is 0 Å². The van der Waals surface area contributed by atoms with E-state index in [0.717, 1.165) is 6.42 Å². The summed E-state index contributed by atoms with van der Waals surface area (Å²) in [5, 5.41) is 0. The molecule has 1 unspecified atom stereocenters.